The van der Waals surface area contributed by atoms with Crippen LogP contribution in [0.1, 0.15) is 46.2 Å². The summed E-state index contributed by atoms with van der Waals surface area (Å²) in [5, 5.41) is 47.4. The summed E-state index contributed by atoms with van der Waals surface area (Å²) in [6.45, 7) is 4.67. The lowest BCUT2D eigenvalue weighted by Gasteiger charge is -2.17. The predicted molar refractivity (Wildman–Crippen MR) is 601 cm³/mol. The molecular weight excluding hydrogens is 1870 g/mol. The molecule has 24 N–H and O–H groups in total. The van der Waals surface area contributed by atoms with Crippen LogP contribution in [0.5, 0.6) is 0 Å². The molecule has 0 bridgehead atoms. The van der Waals surface area contributed by atoms with Crippen molar-refractivity contribution in [3.05, 3.63) is 276 Å². The Morgan fingerprint density at radius 2 is 0.466 bits per heavy atom. The van der Waals surface area contributed by atoms with Crippen molar-refractivity contribution < 1.29 is 0 Å². The third kappa shape index (κ3) is 40.9. The number of benzene rings is 8. The topological polar surface area (TPSA) is 619 Å². The fraction of sp³-hybridized carbons (Fsp3) is 0.280. The highest BCUT2D eigenvalue weighted by Crippen LogP contribution is 2.24. The normalized spacial score (nSPS) is 10.1. The molecule has 776 valence electrons. The number of para-hydroxylation sites is 2. The average molecular weight is 2010 g/mol. The van der Waals surface area contributed by atoms with Crippen LogP contribution in [0.15, 0.2) is 243 Å². The predicted octanol–water partition coefficient (Wildman–Crippen LogP) is 12.0. The first-order valence-electron chi connectivity index (χ1n) is 47.5. The van der Waals surface area contributed by atoms with Gasteiger partial charge >= 0.3 is 0 Å². The van der Waals surface area contributed by atoms with E-state index in [9.17, 15) is 0 Å². The Morgan fingerprint density at radius 3 is 0.824 bits per heavy atom. The number of likely N-dealkylation sites (N-methyl/N-ethyl adjacent to an activating group) is 1. The van der Waals surface area contributed by atoms with Crippen LogP contribution < -0.4 is 128 Å². The van der Waals surface area contributed by atoms with E-state index in [4.69, 9.17) is 22.9 Å². The lowest BCUT2D eigenvalue weighted by molar-refractivity contribution is 0.764. The first kappa shape index (κ1) is 113. The maximum atomic E-state index is 5.66. The van der Waals surface area contributed by atoms with Gasteiger partial charge in [-0.1, -0.05) is 218 Å². The SMILES string of the molecule is CNc1nc(N)nc(N(C)CCCc2ccccc2)n1.CNc1nc(N)nc(N(C)CCc2ccccc2)n1.CNc1nc(N)nc(N(C)Cc2ccccc2)n1.CNc1nc(N)nc(N(C)c2ccccc2)n1.CNc1nc(NC)nc(NCCCc2ccccc2)n1.CNc1nc(NC)nc(NCCc2ccccc2)n1.CNc1nc(NC)nc(NCc2ccccc2)n1.CNc1nc(NC)nc(Nc2ccccc2)n1. The monoisotopic (exact) mass is 2010 g/mol. The maximum Gasteiger partial charge on any atom is 0.236 e. The summed E-state index contributed by atoms with van der Waals surface area (Å²) in [6, 6.07) is 81.2. The van der Waals surface area contributed by atoms with Gasteiger partial charge in [-0.05, 0) is 96.2 Å². The van der Waals surface area contributed by atoms with E-state index in [0.717, 1.165) is 76.1 Å². The highest BCUT2D eigenvalue weighted by molar-refractivity contribution is 5.59. The van der Waals surface area contributed by atoms with Gasteiger partial charge in [0.1, 0.15) is 0 Å². The van der Waals surface area contributed by atoms with Gasteiger partial charge in [0.15, 0.2) is 0 Å². The molecular formula is C100H136N48. The van der Waals surface area contributed by atoms with Crippen LogP contribution >= 0.6 is 0 Å². The molecule has 48 nitrogen and oxygen atoms in total. The van der Waals surface area contributed by atoms with Gasteiger partial charge in [-0.3, -0.25) is 0 Å². The first-order chi connectivity index (χ1) is 72.0. The smallest absolute Gasteiger partial charge is 0.236 e. The molecule has 0 unspecified atom stereocenters. The van der Waals surface area contributed by atoms with Gasteiger partial charge in [-0.2, -0.15) is 120 Å². The van der Waals surface area contributed by atoms with E-state index >= 15 is 0 Å². The summed E-state index contributed by atoms with van der Waals surface area (Å²) in [7, 11) is 28.9. The van der Waals surface area contributed by atoms with Gasteiger partial charge < -0.3 is 128 Å². The fourth-order valence-electron chi connectivity index (χ4n) is 12.9. The Labute approximate surface area is 863 Å². The Kier molecular flexibility index (Phi) is 48.0. The van der Waals surface area contributed by atoms with E-state index in [0.29, 0.717) is 132 Å². The molecule has 0 fully saturated rings. The second kappa shape index (κ2) is 63.0. The minimum atomic E-state index is 0.196. The first-order valence-corrected chi connectivity index (χ1v) is 47.5. The molecule has 16 aromatic rings. The Morgan fingerprint density at radius 1 is 0.209 bits per heavy atom. The molecule has 0 aliphatic rings. The van der Waals surface area contributed by atoms with E-state index < -0.39 is 0 Å². The molecule has 8 heterocycles. The van der Waals surface area contributed by atoms with Gasteiger partial charge in [0.25, 0.3) is 0 Å². The number of nitrogens with zero attached hydrogens (tertiary/aromatic N) is 28. The molecule has 0 spiro atoms. The average Bonchev–Trinajstić information content (AvgIpc) is 0.851. The third-order valence-electron chi connectivity index (χ3n) is 20.5. The molecule has 8 aromatic heterocycles. The second-order valence-corrected chi connectivity index (χ2v) is 31.4. The fourth-order valence-corrected chi connectivity index (χ4v) is 12.9. The summed E-state index contributed by atoms with van der Waals surface area (Å²) < 4.78 is 0. The van der Waals surface area contributed by atoms with E-state index in [-0.39, 0.29) is 23.8 Å². The van der Waals surface area contributed by atoms with Crippen LogP contribution in [0.3, 0.4) is 0 Å². The summed E-state index contributed by atoms with van der Waals surface area (Å²) in [5.41, 5.74) is 32.1. The Balaban J connectivity index is 0.000000188. The Hall–Kier alpha value is -19.0. The summed E-state index contributed by atoms with van der Waals surface area (Å²) in [4.78, 5) is 108. The van der Waals surface area contributed by atoms with Crippen LogP contribution in [0, 0.1) is 0 Å². The molecule has 0 radical (unpaired) electrons. The number of nitrogen functional groups attached to an aromatic ring is 4. The van der Waals surface area contributed by atoms with Crippen molar-refractivity contribution in [2.24, 2.45) is 0 Å². The molecule has 0 atom stereocenters. The lowest BCUT2D eigenvalue weighted by atomic mass is 10.1. The second-order valence-electron chi connectivity index (χ2n) is 31.4. The molecule has 8 aromatic carbocycles. The van der Waals surface area contributed by atoms with Crippen LogP contribution in [0.25, 0.3) is 0 Å². The van der Waals surface area contributed by atoms with E-state index in [1.807, 2.05) is 206 Å². The summed E-state index contributed by atoms with van der Waals surface area (Å²) >= 11 is 0. The van der Waals surface area contributed by atoms with Crippen molar-refractivity contribution >= 4 is 154 Å². The molecule has 148 heavy (non-hydrogen) atoms. The van der Waals surface area contributed by atoms with Crippen molar-refractivity contribution in [2.75, 3.05) is 267 Å². The van der Waals surface area contributed by atoms with Crippen molar-refractivity contribution in [3.63, 3.8) is 0 Å². The van der Waals surface area contributed by atoms with Gasteiger partial charge in [0.05, 0.1) is 0 Å². The van der Waals surface area contributed by atoms with Crippen LogP contribution in [-0.2, 0) is 38.8 Å². The van der Waals surface area contributed by atoms with Gasteiger partial charge in [0, 0.05) is 163 Å². The summed E-state index contributed by atoms with van der Waals surface area (Å²) in [5.74, 6) is 11.5. The van der Waals surface area contributed by atoms with Crippen molar-refractivity contribution in [1.82, 2.24) is 120 Å². The zero-order valence-corrected chi connectivity index (χ0v) is 86.4. The molecule has 0 amide bonds. The summed E-state index contributed by atoms with van der Waals surface area (Å²) in [6.07, 6.45) is 5.98. The van der Waals surface area contributed by atoms with Crippen molar-refractivity contribution in [1.29, 1.82) is 0 Å². The molecule has 0 aliphatic carbocycles. The zero-order valence-electron chi connectivity index (χ0n) is 86.4. The quantitative estimate of drug-likeness (QED) is 0.0159. The highest BCUT2D eigenvalue weighted by atomic mass is 15.4. The number of aromatic nitrogens is 24. The lowest BCUT2D eigenvalue weighted by Crippen LogP contribution is -2.23. The number of nitrogens with two attached hydrogens (primary N) is 4. The highest BCUT2D eigenvalue weighted by Gasteiger charge is 2.16. The maximum absolute atomic E-state index is 5.66. The van der Waals surface area contributed by atoms with Crippen molar-refractivity contribution in [3.8, 4) is 0 Å². The molecule has 0 saturated carbocycles. The van der Waals surface area contributed by atoms with Gasteiger partial charge in [-0.25, -0.2) is 0 Å². The number of aryl methyl sites for hydroxylation is 2. The minimum Gasteiger partial charge on any atom is -0.368 e. The number of nitrogens with one attached hydrogen (secondary N) is 16. The van der Waals surface area contributed by atoms with E-state index in [1.54, 1.807) is 84.6 Å². The van der Waals surface area contributed by atoms with E-state index in [2.05, 4.69) is 290 Å². The number of hydrogen-bond acceptors (Lipinski definition) is 48. The van der Waals surface area contributed by atoms with Crippen LogP contribution in [-0.4, -0.2) is 259 Å². The number of rotatable bonds is 40. The molecule has 48 heteroatoms. The number of anilines is 26. The van der Waals surface area contributed by atoms with Crippen LogP contribution in [0.4, 0.5) is 154 Å². The van der Waals surface area contributed by atoms with Crippen molar-refractivity contribution in [2.45, 2.75) is 51.6 Å². The largest absolute Gasteiger partial charge is 0.368 e. The molecule has 0 aliphatic heterocycles. The van der Waals surface area contributed by atoms with E-state index in [1.165, 1.54) is 33.4 Å². The molecule has 16 rings (SSSR count). The van der Waals surface area contributed by atoms with Gasteiger partial charge in [0.2, 0.25) is 143 Å². The van der Waals surface area contributed by atoms with Gasteiger partial charge in [-0.15, -0.1) is 0 Å². The van der Waals surface area contributed by atoms with Crippen LogP contribution in [0.2, 0.25) is 0 Å². The number of hydrogen-bond donors (Lipinski definition) is 20. The Bertz CT molecular complexity index is 6340. The third-order valence-corrected chi connectivity index (χ3v) is 20.5. The zero-order chi connectivity index (χ0) is 106. The minimum absolute atomic E-state index is 0.196. The molecule has 0 saturated heterocycles. The standard InChI is InChI=1S/2C14H20N6.2C13H18N6.2C12H16N6.2C11H14N6/c1-16-13-17-12(15)18-14(19-13)20(2)10-6-9-11-7-4-3-5-8-11;1-15-12-18-13(16-2)20-14(19-12)17-10-6-9-11-7-4-3-5-8-11;1-15-12-16-11(14)17-13(18-12)19(2)9-8-10-6-4-3-5-7-10;1-14-11-17-12(15-2)19-13(18-11)16-9-8-10-6-4-3-5-7-10;1-14-11-15-10(13)16-12(17-11)18(2)8-9-6-4-3-5-7-9;1-13-10-16-11(14-2)18-12(17-10)15-8-9-6-4-3-5-7-9;1-13-10-14-9(12)15-11(16-10)17(2)8-6-4-3-5-7-8;1-12-9-15-10(13-2)17-11(16-9)14-8-6-4-3-5-7-8/h3-5,7-8H,6,9-10H2,1-2H3,(H3,15,16,17,18,19);3-5,7-8H,6,9-10H2,1-2H3,(H3,15,16,17,18,19,20);3-7H,8-9H2,1-2H3,(H3,14,15,16,17,18);3-7H,8-9H2,1-2H3,(H3,14,15,16,17,18,19);3-7H,8H2,1-2H3,(H3,13,14,15,16,17);3-7H,8H2,1-2H3,(H3,13,14,15,16,17,18);3-7H,1-2H3,(H3,12,13,14,15,16);3-7H,1-2H3,(H3,12,13,14,15,16,17).